The lowest BCUT2D eigenvalue weighted by atomic mass is 10.3. The molecule has 8 heteroatoms. The summed E-state index contributed by atoms with van der Waals surface area (Å²) in [6, 6.07) is 0. The van der Waals surface area contributed by atoms with Crippen LogP contribution in [0.5, 0.6) is 0 Å². The van der Waals surface area contributed by atoms with Gasteiger partial charge in [-0.3, -0.25) is 4.68 Å². The Morgan fingerprint density at radius 3 is 2.56 bits per heavy atom. The lowest BCUT2D eigenvalue weighted by Crippen LogP contribution is -2.32. The van der Waals surface area contributed by atoms with Crippen molar-refractivity contribution in [3.8, 4) is 0 Å². The number of sulfone groups is 1. The lowest BCUT2D eigenvalue weighted by Gasteiger charge is -2.18. The smallest absolute Gasteiger partial charge is 0.360 e. The van der Waals surface area contributed by atoms with Crippen LogP contribution in [0, 0.1) is 0 Å². The molecular weight excluding hydrogens is 258 g/mol. The molecule has 0 atom stereocenters. The Balaban J connectivity index is 2.71. The fourth-order valence-electron chi connectivity index (χ4n) is 1.13. The molecule has 0 aromatic carbocycles. The van der Waals surface area contributed by atoms with Crippen LogP contribution in [-0.2, 0) is 21.1 Å². The van der Waals surface area contributed by atoms with Gasteiger partial charge in [-0.25, -0.2) is 13.2 Å². The maximum absolute atomic E-state index is 11.9. The molecule has 1 aromatic heterocycles. The Hall–Kier alpha value is -1.44. The number of esters is 1. The molecule has 18 heavy (non-hydrogen) atoms. The summed E-state index contributed by atoms with van der Waals surface area (Å²) >= 11 is 0. The van der Waals surface area contributed by atoms with Gasteiger partial charge in [0.25, 0.3) is 0 Å². The summed E-state index contributed by atoms with van der Waals surface area (Å²) in [6.07, 6.45) is 1.37. The predicted octanol–water partition coefficient (Wildman–Crippen LogP) is 0.278. The zero-order valence-electron chi connectivity index (χ0n) is 10.9. The van der Waals surface area contributed by atoms with Gasteiger partial charge in [0, 0.05) is 0 Å². The first-order chi connectivity index (χ1) is 8.17. The van der Waals surface area contributed by atoms with Gasteiger partial charge in [0.15, 0.2) is 15.5 Å². The molecule has 0 spiro atoms. The van der Waals surface area contributed by atoms with Crippen molar-refractivity contribution in [2.75, 3.05) is 12.9 Å². The van der Waals surface area contributed by atoms with Gasteiger partial charge in [0.2, 0.25) is 0 Å². The lowest BCUT2D eigenvalue weighted by molar-refractivity contribution is 0.0594. The van der Waals surface area contributed by atoms with Crippen LogP contribution >= 0.6 is 0 Å². The molecule has 0 aliphatic rings. The number of carbonyl (C=O) groups is 1. The molecule has 0 bridgehead atoms. The van der Waals surface area contributed by atoms with Crippen LogP contribution in [-0.4, -0.2) is 47.0 Å². The van der Waals surface area contributed by atoms with E-state index in [4.69, 9.17) is 0 Å². The first-order valence-electron chi connectivity index (χ1n) is 5.38. The second-order valence-electron chi connectivity index (χ2n) is 4.79. The third-order valence-corrected chi connectivity index (χ3v) is 5.04. The first-order valence-corrected chi connectivity index (χ1v) is 7.03. The van der Waals surface area contributed by atoms with Crippen molar-refractivity contribution in [1.82, 2.24) is 15.0 Å². The molecule has 0 radical (unpaired) electrons. The summed E-state index contributed by atoms with van der Waals surface area (Å²) in [5.41, 5.74) is 0.0608. The van der Waals surface area contributed by atoms with E-state index in [9.17, 15) is 13.2 Å². The van der Waals surface area contributed by atoms with E-state index < -0.39 is 20.6 Å². The van der Waals surface area contributed by atoms with Gasteiger partial charge in [-0.15, -0.1) is 5.10 Å². The Bertz CT molecular complexity index is 528. The topological polar surface area (TPSA) is 91.2 Å². The quantitative estimate of drug-likeness (QED) is 0.733. The number of rotatable bonds is 4. The van der Waals surface area contributed by atoms with Crippen molar-refractivity contribution in [3.05, 3.63) is 11.9 Å². The number of hydrogen-bond donors (Lipinski definition) is 0. The minimum absolute atomic E-state index is 0.0551. The Kier molecular flexibility index (Phi) is 4.10. The highest BCUT2D eigenvalue weighted by atomic mass is 32.2. The summed E-state index contributed by atoms with van der Waals surface area (Å²) in [5.74, 6) is -0.652. The van der Waals surface area contributed by atoms with Gasteiger partial charge in [-0.1, -0.05) is 5.21 Å². The number of aromatic nitrogens is 3. The Morgan fingerprint density at radius 1 is 1.44 bits per heavy atom. The maximum Gasteiger partial charge on any atom is 0.360 e. The molecule has 0 N–H and O–H groups in total. The molecule has 0 unspecified atom stereocenters. The van der Waals surface area contributed by atoms with E-state index in [1.165, 1.54) is 18.0 Å². The number of aryl methyl sites for hydroxylation is 1. The summed E-state index contributed by atoms with van der Waals surface area (Å²) in [7, 11) is -1.98. The van der Waals surface area contributed by atoms with Crippen molar-refractivity contribution in [2.24, 2.45) is 0 Å². The van der Waals surface area contributed by atoms with Crippen molar-refractivity contribution < 1.29 is 17.9 Å². The van der Waals surface area contributed by atoms with Gasteiger partial charge < -0.3 is 4.74 Å². The summed E-state index contributed by atoms with van der Waals surface area (Å²) in [6.45, 7) is 5.08. The van der Waals surface area contributed by atoms with E-state index >= 15 is 0 Å². The van der Waals surface area contributed by atoms with Crippen molar-refractivity contribution >= 4 is 15.8 Å². The number of carbonyl (C=O) groups excluding carboxylic acids is 1. The number of ether oxygens (including phenoxy) is 1. The van der Waals surface area contributed by atoms with Gasteiger partial charge in [-0.2, -0.15) is 0 Å². The first kappa shape index (κ1) is 14.6. The fourth-order valence-corrected chi connectivity index (χ4v) is 2.17. The molecule has 0 fully saturated rings. The molecule has 0 amide bonds. The van der Waals surface area contributed by atoms with Crippen LogP contribution < -0.4 is 0 Å². The molecule has 0 aliphatic heterocycles. The maximum atomic E-state index is 11.9. The fraction of sp³-hybridized carbons (Fsp3) is 0.700. The predicted molar refractivity (Wildman–Crippen MR) is 64.9 cm³/mol. The number of nitrogens with zero attached hydrogens (tertiary/aromatic N) is 3. The third-order valence-electron chi connectivity index (χ3n) is 2.46. The van der Waals surface area contributed by atoms with E-state index in [0.29, 0.717) is 0 Å². The van der Waals surface area contributed by atoms with E-state index in [1.54, 1.807) is 20.8 Å². The van der Waals surface area contributed by atoms with Gasteiger partial charge in [0.1, 0.15) is 0 Å². The normalized spacial score (nSPS) is 12.4. The second kappa shape index (κ2) is 5.05. The van der Waals surface area contributed by atoms with Crippen molar-refractivity contribution in [3.63, 3.8) is 0 Å². The van der Waals surface area contributed by atoms with E-state index in [-0.39, 0.29) is 18.0 Å². The van der Waals surface area contributed by atoms with E-state index in [0.717, 1.165) is 0 Å². The summed E-state index contributed by atoms with van der Waals surface area (Å²) in [4.78, 5) is 11.1. The molecule has 0 saturated carbocycles. The highest BCUT2D eigenvalue weighted by molar-refractivity contribution is 7.92. The molecule has 1 rings (SSSR count). The number of hydrogen-bond acceptors (Lipinski definition) is 6. The Morgan fingerprint density at radius 2 is 2.06 bits per heavy atom. The Labute approximate surface area is 106 Å². The van der Waals surface area contributed by atoms with Crippen LogP contribution in [0.4, 0.5) is 0 Å². The molecule has 102 valence electrons. The minimum Gasteiger partial charge on any atom is -0.464 e. The molecular formula is C10H17N3O4S. The summed E-state index contributed by atoms with van der Waals surface area (Å²) < 4.78 is 28.7. The highest BCUT2D eigenvalue weighted by Crippen LogP contribution is 2.16. The average molecular weight is 275 g/mol. The van der Waals surface area contributed by atoms with Gasteiger partial charge >= 0.3 is 5.97 Å². The van der Waals surface area contributed by atoms with Crippen LogP contribution in [0.15, 0.2) is 6.20 Å². The van der Waals surface area contributed by atoms with Crippen LogP contribution in [0.25, 0.3) is 0 Å². The second-order valence-corrected chi connectivity index (χ2v) is 7.65. The standard InChI is InChI=1S/C10H17N3O4S/c1-10(2,3)18(15,16)6-5-13-7-8(11-12-13)9(14)17-4/h7H,5-6H2,1-4H3. The van der Waals surface area contributed by atoms with Gasteiger partial charge in [-0.05, 0) is 20.8 Å². The zero-order chi connectivity index (χ0) is 14.0. The van der Waals surface area contributed by atoms with Crippen molar-refractivity contribution in [2.45, 2.75) is 32.1 Å². The van der Waals surface area contributed by atoms with Crippen molar-refractivity contribution in [1.29, 1.82) is 0 Å². The summed E-state index contributed by atoms with van der Waals surface area (Å²) in [5, 5.41) is 7.27. The highest BCUT2D eigenvalue weighted by Gasteiger charge is 2.28. The molecule has 0 aliphatic carbocycles. The average Bonchev–Trinajstić information content (AvgIpc) is 2.72. The largest absolute Gasteiger partial charge is 0.464 e. The monoisotopic (exact) mass is 275 g/mol. The molecule has 7 nitrogen and oxygen atoms in total. The number of methoxy groups -OCH3 is 1. The van der Waals surface area contributed by atoms with Gasteiger partial charge in [0.05, 0.1) is 30.4 Å². The molecule has 1 aromatic rings. The molecule has 1 heterocycles. The van der Waals surface area contributed by atoms with Crippen LogP contribution in [0.2, 0.25) is 0 Å². The molecule has 0 saturated heterocycles. The third kappa shape index (κ3) is 3.28. The van der Waals surface area contributed by atoms with E-state index in [2.05, 4.69) is 15.0 Å². The SMILES string of the molecule is COC(=O)c1cn(CCS(=O)(=O)C(C)(C)C)nn1. The zero-order valence-corrected chi connectivity index (χ0v) is 11.7. The van der Waals surface area contributed by atoms with Crippen LogP contribution in [0.1, 0.15) is 31.3 Å². The minimum atomic E-state index is -3.22. The van der Waals surface area contributed by atoms with E-state index in [1.807, 2.05) is 0 Å². The van der Waals surface area contributed by atoms with Crippen LogP contribution in [0.3, 0.4) is 0 Å².